The average molecular weight is 440 g/mol. The van der Waals surface area contributed by atoms with Crippen LogP contribution < -0.4 is 10.5 Å². The third-order valence-corrected chi connectivity index (χ3v) is 8.13. The molecule has 1 fully saturated rings. The Labute approximate surface area is 175 Å². The van der Waals surface area contributed by atoms with E-state index in [1.165, 1.54) is 12.1 Å². The first-order valence-electron chi connectivity index (χ1n) is 8.80. The van der Waals surface area contributed by atoms with Gasteiger partial charge in [-0.1, -0.05) is 36.0 Å². The molecule has 0 bridgehead atoms. The van der Waals surface area contributed by atoms with Crippen LogP contribution in [-0.4, -0.2) is 39.0 Å². The molecular formula is C20H22ClNO4S2. The maximum absolute atomic E-state index is 13.5. The van der Waals surface area contributed by atoms with Crippen LogP contribution in [-0.2, 0) is 14.6 Å². The van der Waals surface area contributed by atoms with Crippen molar-refractivity contribution < 1.29 is 17.9 Å². The van der Waals surface area contributed by atoms with Crippen LogP contribution in [0.5, 0.6) is 5.75 Å². The van der Waals surface area contributed by atoms with Gasteiger partial charge in [0.15, 0.2) is 9.84 Å². The van der Waals surface area contributed by atoms with Crippen molar-refractivity contribution in [1.29, 1.82) is 0 Å². The molecule has 28 heavy (non-hydrogen) atoms. The van der Waals surface area contributed by atoms with Gasteiger partial charge in [-0.05, 0) is 48.9 Å². The number of halogens is 1. The molecule has 3 unspecified atom stereocenters. The Morgan fingerprint density at radius 3 is 2.29 bits per heavy atom. The van der Waals surface area contributed by atoms with Crippen LogP contribution >= 0.6 is 23.8 Å². The first-order valence-corrected chi connectivity index (χ1v) is 11.1. The molecule has 0 saturated heterocycles. The number of ether oxygens (including phenoxy) is 2. The summed E-state index contributed by atoms with van der Waals surface area (Å²) >= 11 is 11.3. The van der Waals surface area contributed by atoms with Gasteiger partial charge in [0.25, 0.3) is 0 Å². The topological polar surface area (TPSA) is 78.6 Å². The van der Waals surface area contributed by atoms with Crippen molar-refractivity contribution in [2.45, 2.75) is 23.0 Å². The van der Waals surface area contributed by atoms with Gasteiger partial charge in [-0.2, -0.15) is 0 Å². The summed E-state index contributed by atoms with van der Waals surface area (Å²) in [5, 5.41) is -0.338. The fourth-order valence-electron chi connectivity index (χ4n) is 3.72. The Hall–Kier alpha value is -1.67. The van der Waals surface area contributed by atoms with Crippen molar-refractivity contribution in [3.63, 3.8) is 0 Å². The molecule has 3 rings (SSSR count). The molecule has 0 aliphatic heterocycles. The minimum atomic E-state index is -3.72. The van der Waals surface area contributed by atoms with Gasteiger partial charge in [-0.15, -0.1) is 0 Å². The van der Waals surface area contributed by atoms with Gasteiger partial charge in [-0.25, -0.2) is 8.42 Å². The van der Waals surface area contributed by atoms with Crippen molar-refractivity contribution in [3.8, 4) is 5.75 Å². The molecule has 2 aromatic rings. The molecular weight excluding hydrogens is 418 g/mol. The fourth-order valence-corrected chi connectivity index (χ4v) is 6.62. The van der Waals surface area contributed by atoms with Crippen molar-refractivity contribution in [2.75, 3.05) is 20.3 Å². The monoisotopic (exact) mass is 439 g/mol. The smallest absolute Gasteiger partial charge is 0.182 e. The van der Waals surface area contributed by atoms with E-state index in [2.05, 4.69) is 0 Å². The van der Waals surface area contributed by atoms with E-state index < -0.39 is 26.4 Å². The van der Waals surface area contributed by atoms with Crippen molar-refractivity contribution in [3.05, 3.63) is 59.1 Å². The maximum Gasteiger partial charge on any atom is 0.182 e. The molecule has 0 spiro atoms. The summed E-state index contributed by atoms with van der Waals surface area (Å²) in [5.41, 5.74) is 5.96. The van der Waals surface area contributed by atoms with Crippen LogP contribution in [0, 0.1) is 5.41 Å². The maximum atomic E-state index is 13.5. The molecule has 2 N–H and O–H groups in total. The van der Waals surface area contributed by atoms with E-state index in [1.807, 2.05) is 19.1 Å². The van der Waals surface area contributed by atoms with Crippen molar-refractivity contribution >= 4 is 38.6 Å². The predicted molar refractivity (Wildman–Crippen MR) is 114 cm³/mol. The quantitative estimate of drug-likeness (QED) is 0.633. The number of nitrogens with two attached hydrogens (primary N) is 1. The minimum absolute atomic E-state index is 0.143. The first kappa shape index (κ1) is 21.0. The summed E-state index contributed by atoms with van der Waals surface area (Å²) in [6, 6.07) is 13.4. The third-order valence-electron chi connectivity index (χ3n) is 5.21. The summed E-state index contributed by atoms with van der Waals surface area (Å²) < 4.78 is 37.7. The molecule has 0 heterocycles. The summed E-state index contributed by atoms with van der Waals surface area (Å²) in [6.45, 7) is 2.43. The molecule has 1 aliphatic rings. The van der Waals surface area contributed by atoms with Crippen LogP contribution in [0.25, 0.3) is 0 Å². The Balaban J connectivity index is 2.08. The lowest BCUT2D eigenvalue weighted by Crippen LogP contribution is -2.33. The minimum Gasteiger partial charge on any atom is -0.497 e. The number of benzene rings is 2. The SMILES string of the molecule is CCOCC1(C(N)=S)C(c2ccc(OC)cc2)C1S(=O)(=O)c1ccc(Cl)cc1. The van der Waals surface area contributed by atoms with Crippen LogP contribution in [0.15, 0.2) is 53.4 Å². The van der Waals surface area contributed by atoms with Crippen LogP contribution in [0.4, 0.5) is 0 Å². The van der Waals surface area contributed by atoms with Gasteiger partial charge < -0.3 is 15.2 Å². The number of thiocarbonyl (C=S) groups is 1. The Morgan fingerprint density at radius 2 is 1.79 bits per heavy atom. The van der Waals surface area contributed by atoms with E-state index in [4.69, 9.17) is 39.0 Å². The predicted octanol–water partition coefficient (Wildman–Crippen LogP) is 3.60. The molecule has 5 nitrogen and oxygen atoms in total. The van der Waals surface area contributed by atoms with Crippen molar-refractivity contribution in [2.24, 2.45) is 11.1 Å². The highest BCUT2D eigenvalue weighted by atomic mass is 35.5. The molecule has 1 saturated carbocycles. The molecule has 3 atom stereocenters. The second kappa shape index (κ2) is 7.99. The zero-order chi connectivity index (χ0) is 20.5. The Kier molecular flexibility index (Phi) is 6.00. The van der Waals surface area contributed by atoms with E-state index >= 15 is 0 Å². The van der Waals surface area contributed by atoms with Gasteiger partial charge in [0.2, 0.25) is 0 Å². The molecule has 1 aliphatic carbocycles. The first-order chi connectivity index (χ1) is 13.3. The standard InChI is InChI=1S/C20H22ClNO4S2/c1-3-26-12-20(19(22)27)17(13-4-8-15(25-2)9-5-13)18(20)28(23,24)16-10-6-14(21)7-11-16/h4-11,17-18H,3,12H2,1-2H3,(H2,22,27). The largest absolute Gasteiger partial charge is 0.497 e. The summed E-state index contributed by atoms with van der Waals surface area (Å²) in [6.07, 6.45) is 0. The molecule has 150 valence electrons. The number of rotatable bonds is 8. The van der Waals surface area contributed by atoms with Gasteiger partial charge in [0.05, 0.1) is 34.3 Å². The normalized spacial score (nSPS) is 24.0. The molecule has 0 amide bonds. The van der Waals surface area contributed by atoms with E-state index in [-0.39, 0.29) is 16.5 Å². The van der Waals surface area contributed by atoms with Crippen molar-refractivity contribution in [1.82, 2.24) is 0 Å². The zero-order valence-corrected chi connectivity index (χ0v) is 18.0. The highest BCUT2D eigenvalue weighted by molar-refractivity contribution is 7.92. The highest BCUT2D eigenvalue weighted by Gasteiger charge is 2.73. The Morgan fingerprint density at radius 1 is 1.18 bits per heavy atom. The third kappa shape index (κ3) is 3.52. The van der Waals surface area contributed by atoms with Gasteiger partial charge in [0.1, 0.15) is 5.75 Å². The number of hydrogen-bond donors (Lipinski definition) is 1. The zero-order valence-electron chi connectivity index (χ0n) is 15.6. The molecule has 2 aromatic carbocycles. The molecule has 0 aromatic heterocycles. The summed E-state index contributed by atoms with van der Waals surface area (Å²) in [7, 11) is -2.14. The van der Waals surface area contributed by atoms with E-state index in [9.17, 15) is 8.42 Å². The second-order valence-electron chi connectivity index (χ2n) is 6.71. The Bertz CT molecular complexity index is 961. The number of hydrogen-bond acceptors (Lipinski definition) is 5. The van der Waals surface area contributed by atoms with Gasteiger partial charge >= 0.3 is 0 Å². The van der Waals surface area contributed by atoms with E-state index in [0.29, 0.717) is 17.4 Å². The van der Waals surface area contributed by atoms with Crippen LogP contribution in [0.1, 0.15) is 18.4 Å². The molecule has 8 heteroatoms. The second-order valence-corrected chi connectivity index (χ2v) is 9.66. The lowest BCUT2D eigenvalue weighted by molar-refractivity contribution is 0.121. The summed E-state index contributed by atoms with van der Waals surface area (Å²) in [5.74, 6) is 0.287. The number of sulfone groups is 1. The van der Waals surface area contributed by atoms with Crippen LogP contribution in [0.2, 0.25) is 5.02 Å². The fraction of sp³-hybridized carbons (Fsp3) is 0.350. The average Bonchev–Trinajstić information content (AvgIpc) is 3.38. The lowest BCUT2D eigenvalue weighted by Gasteiger charge is -2.17. The van der Waals surface area contributed by atoms with Gasteiger partial charge in [-0.3, -0.25) is 0 Å². The number of methoxy groups -OCH3 is 1. The highest BCUT2D eigenvalue weighted by Crippen LogP contribution is 2.64. The van der Waals surface area contributed by atoms with Gasteiger partial charge in [0, 0.05) is 17.5 Å². The summed E-state index contributed by atoms with van der Waals surface area (Å²) in [4.78, 5) is 0.333. The molecule has 0 radical (unpaired) electrons. The lowest BCUT2D eigenvalue weighted by atomic mass is 10.00. The van der Waals surface area contributed by atoms with E-state index in [1.54, 1.807) is 31.4 Å². The van der Waals surface area contributed by atoms with Crippen LogP contribution in [0.3, 0.4) is 0 Å². The van der Waals surface area contributed by atoms with E-state index in [0.717, 1.165) is 5.56 Å².